The van der Waals surface area contributed by atoms with Crippen LogP contribution in [0.4, 0.5) is 24.5 Å². The monoisotopic (exact) mass is 583 g/mol. The highest BCUT2D eigenvalue weighted by molar-refractivity contribution is 8.15. The zero-order valence-corrected chi connectivity index (χ0v) is 23.5. The van der Waals surface area contributed by atoms with Crippen LogP contribution in [0.15, 0.2) is 83.9 Å². The molecule has 3 aromatic carbocycles. The number of nitrogens with one attached hydrogen (secondary N) is 1. The van der Waals surface area contributed by atoms with Crippen LogP contribution < -0.4 is 10.1 Å². The Kier molecular flexibility index (Phi) is 10.5. The summed E-state index contributed by atoms with van der Waals surface area (Å²) in [7, 11) is 0. The first-order valence-corrected chi connectivity index (χ1v) is 14.4. The lowest BCUT2D eigenvalue weighted by molar-refractivity contribution is -0.137. The summed E-state index contributed by atoms with van der Waals surface area (Å²) >= 11 is 1.06. The third-order valence-corrected chi connectivity index (χ3v) is 7.59. The molecule has 1 aliphatic heterocycles. The number of carbonyl (C=O) groups is 2. The highest BCUT2D eigenvalue weighted by Crippen LogP contribution is 2.34. The second kappa shape index (κ2) is 14.2. The standard InChI is InChI=1S/C31H32F3N3O3S/c1-2-3-4-8-18-40-26-16-14-24(15-17-26)35-29(39)27-20-28(38)37(21-22-10-6-5-7-11-22)30(41-27)36-25-13-9-12-23(19-25)31(32,33)34/h5-7,9-17,19,27H,2-4,8,18,20-21H2,1H3,(H,35,39). The third-order valence-electron chi connectivity index (χ3n) is 6.40. The number of halogens is 3. The van der Waals surface area contributed by atoms with Gasteiger partial charge < -0.3 is 10.1 Å². The molecule has 0 aromatic heterocycles. The zero-order chi connectivity index (χ0) is 29.2. The van der Waals surface area contributed by atoms with Crippen molar-refractivity contribution in [1.82, 2.24) is 4.90 Å². The van der Waals surface area contributed by atoms with Gasteiger partial charge in [-0.1, -0.05) is 74.3 Å². The quantitative estimate of drug-likeness (QED) is 0.234. The molecular weight excluding hydrogens is 551 g/mol. The Morgan fingerprint density at radius 3 is 2.49 bits per heavy atom. The second-order valence-corrected chi connectivity index (χ2v) is 10.8. The Labute approximate surface area is 242 Å². The van der Waals surface area contributed by atoms with Gasteiger partial charge in [-0.3, -0.25) is 14.5 Å². The van der Waals surface area contributed by atoms with Gasteiger partial charge in [-0.05, 0) is 54.4 Å². The number of anilines is 1. The van der Waals surface area contributed by atoms with Gasteiger partial charge in [-0.15, -0.1) is 0 Å². The molecule has 1 fully saturated rings. The molecule has 1 N–H and O–H groups in total. The SMILES string of the molecule is CCCCCCOc1ccc(NC(=O)C2CC(=O)N(Cc3ccccc3)C(=Nc3cccc(C(F)(F)F)c3)S2)cc1. The lowest BCUT2D eigenvalue weighted by atomic mass is 10.2. The Hall–Kier alpha value is -3.79. The average Bonchev–Trinajstić information content (AvgIpc) is 2.95. The summed E-state index contributed by atoms with van der Waals surface area (Å²) in [4.78, 5) is 32.3. The highest BCUT2D eigenvalue weighted by Gasteiger charge is 2.36. The van der Waals surface area contributed by atoms with Crippen molar-refractivity contribution >= 4 is 40.1 Å². The maximum Gasteiger partial charge on any atom is 0.416 e. The molecule has 216 valence electrons. The zero-order valence-electron chi connectivity index (χ0n) is 22.7. The van der Waals surface area contributed by atoms with Crippen molar-refractivity contribution < 1.29 is 27.5 Å². The van der Waals surface area contributed by atoms with Crippen LogP contribution in [0.5, 0.6) is 5.75 Å². The van der Waals surface area contributed by atoms with Gasteiger partial charge in [-0.2, -0.15) is 13.2 Å². The van der Waals surface area contributed by atoms with Gasteiger partial charge in [-0.25, -0.2) is 4.99 Å². The molecule has 0 aliphatic carbocycles. The van der Waals surface area contributed by atoms with E-state index in [0.29, 0.717) is 18.0 Å². The van der Waals surface area contributed by atoms with Gasteiger partial charge in [0.15, 0.2) is 5.17 Å². The van der Waals surface area contributed by atoms with Crippen molar-refractivity contribution in [3.8, 4) is 5.75 Å². The Balaban J connectivity index is 1.49. The van der Waals surface area contributed by atoms with Gasteiger partial charge in [0, 0.05) is 12.1 Å². The molecule has 0 radical (unpaired) electrons. The molecule has 1 heterocycles. The number of unbranched alkanes of at least 4 members (excludes halogenated alkanes) is 3. The van der Waals surface area contributed by atoms with E-state index in [0.717, 1.165) is 48.7 Å². The molecule has 0 bridgehead atoms. The van der Waals surface area contributed by atoms with Crippen LogP contribution in [0.25, 0.3) is 0 Å². The third kappa shape index (κ3) is 8.85. The van der Waals surface area contributed by atoms with Crippen LogP contribution in [0.2, 0.25) is 0 Å². The molecule has 1 aliphatic rings. The van der Waals surface area contributed by atoms with Crippen LogP contribution >= 0.6 is 11.8 Å². The van der Waals surface area contributed by atoms with E-state index in [2.05, 4.69) is 17.2 Å². The van der Waals surface area contributed by atoms with E-state index in [1.165, 1.54) is 23.5 Å². The first kappa shape index (κ1) is 30.2. The van der Waals surface area contributed by atoms with Crippen molar-refractivity contribution in [2.24, 2.45) is 4.99 Å². The van der Waals surface area contributed by atoms with Crippen LogP contribution in [-0.2, 0) is 22.3 Å². The number of aliphatic imine (C=N–C) groups is 1. The molecule has 1 unspecified atom stereocenters. The normalized spacial score (nSPS) is 16.6. The number of rotatable bonds is 11. The fourth-order valence-corrected chi connectivity index (χ4v) is 5.30. The molecule has 1 atom stereocenters. The lowest BCUT2D eigenvalue weighted by Crippen LogP contribution is -2.44. The second-order valence-electron chi connectivity index (χ2n) is 9.64. The number of hydrogen-bond acceptors (Lipinski definition) is 5. The molecule has 3 aromatic rings. The summed E-state index contributed by atoms with van der Waals surface area (Å²) in [6.07, 6.45) is -0.193. The van der Waals surface area contributed by atoms with Crippen LogP contribution in [-0.4, -0.2) is 33.7 Å². The first-order valence-electron chi connectivity index (χ1n) is 13.5. The van der Waals surface area contributed by atoms with Gasteiger partial charge in [0.2, 0.25) is 11.8 Å². The van der Waals surface area contributed by atoms with Crippen LogP contribution in [0.3, 0.4) is 0 Å². The van der Waals surface area contributed by atoms with Gasteiger partial charge >= 0.3 is 6.18 Å². The van der Waals surface area contributed by atoms with Crippen molar-refractivity contribution in [3.63, 3.8) is 0 Å². The summed E-state index contributed by atoms with van der Waals surface area (Å²) < 4.78 is 45.6. The smallest absolute Gasteiger partial charge is 0.416 e. The summed E-state index contributed by atoms with van der Waals surface area (Å²) in [5, 5.41) is 2.18. The minimum absolute atomic E-state index is 0.0412. The molecule has 0 saturated carbocycles. The number of alkyl halides is 3. The number of hydrogen-bond donors (Lipinski definition) is 1. The van der Waals surface area contributed by atoms with Crippen molar-refractivity contribution in [3.05, 3.63) is 90.0 Å². The van der Waals surface area contributed by atoms with E-state index in [1.807, 2.05) is 30.3 Å². The Morgan fingerprint density at radius 2 is 1.78 bits per heavy atom. The molecule has 4 rings (SSSR count). The van der Waals surface area contributed by atoms with Crippen LogP contribution in [0.1, 0.15) is 50.2 Å². The number of thioether (sulfide) groups is 1. The lowest BCUT2D eigenvalue weighted by Gasteiger charge is -2.32. The molecule has 10 heteroatoms. The molecule has 41 heavy (non-hydrogen) atoms. The van der Waals surface area contributed by atoms with Gasteiger partial charge in [0.25, 0.3) is 0 Å². The topological polar surface area (TPSA) is 71.0 Å². The predicted molar refractivity (Wildman–Crippen MR) is 156 cm³/mol. The number of amidine groups is 1. The molecule has 2 amide bonds. The number of benzene rings is 3. The summed E-state index contributed by atoms with van der Waals surface area (Å²) in [5.74, 6) is -0.0354. The molecular formula is C31H32F3N3O3S. The first-order chi connectivity index (χ1) is 19.7. The van der Waals surface area contributed by atoms with Crippen molar-refractivity contribution in [2.45, 2.75) is 57.0 Å². The van der Waals surface area contributed by atoms with Crippen LogP contribution in [0, 0.1) is 0 Å². The summed E-state index contributed by atoms with van der Waals surface area (Å²) in [5.41, 5.74) is 0.571. The molecule has 6 nitrogen and oxygen atoms in total. The van der Waals surface area contributed by atoms with Crippen molar-refractivity contribution in [2.75, 3.05) is 11.9 Å². The maximum atomic E-state index is 13.3. The number of amides is 2. The van der Waals surface area contributed by atoms with E-state index in [9.17, 15) is 22.8 Å². The minimum atomic E-state index is -4.53. The number of carbonyl (C=O) groups excluding carboxylic acids is 2. The molecule has 1 saturated heterocycles. The Bertz CT molecular complexity index is 1350. The van der Waals surface area contributed by atoms with E-state index >= 15 is 0 Å². The van der Waals surface area contributed by atoms with E-state index in [-0.39, 0.29) is 29.7 Å². The number of nitrogens with zero attached hydrogens (tertiary/aromatic N) is 2. The summed E-state index contributed by atoms with van der Waals surface area (Å²) in [6, 6.07) is 20.8. The minimum Gasteiger partial charge on any atom is -0.494 e. The fourth-order valence-electron chi connectivity index (χ4n) is 4.20. The van der Waals surface area contributed by atoms with Gasteiger partial charge in [0.05, 0.1) is 24.4 Å². The summed E-state index contributed by atoms with van der Waals surface area (Å²) in [6.45, 7) is 2.96. The van der Waals surface area contributed by atoms with Gasteiger partial charge in [0.1, 0.15) is 11.0 Å². The van der Waals surface area contributed by atoms with E-state index in [1.54, 1.807) is 24.3 Å². The van der Waals surface area contributed by atoms with Crippen molar-refractivity contribution in [1.29, 1.82) is 0 Å². The predicted octanol–water partition coefficient (Wildman–Crippen LogP) is 7.83. The largest absolute Gasteiger partial charge is 0.494 e. The highest BCUT2D eigenvalue weighted by atomic mass is 32.2. The molecule has 0 spiro atoms. The Morgan fingerprint density at radius 1 is 1.02 bits per heavy atom. The van der Waals surface area contributed by atoms with E-state index < -0.39 is 22.9 Å². The fraction of sp³-hybridized carbons (Fsp3) is 0.323. The van der Waals surface area contributed by atoms with E-state index in [4.69, 9.17) is 4.74 Å². The average molecular weight is 584 g/mol. The number of ether oxygens (including phenoxy) is 1. The maximum absolute atomic E-state index is 13.3.